The first-order valence-electron chi connectivity index (χ1n) is 7.50. The lowest BCUT2D eigenvalue weighted by molar-refractivity contribution is -0.116. The summed E-state index contributed by atoms with van der Waals surface area (Å²) in [6.07, 6.45) is 1.24. The maximum Gasteiger partial charge on any atom is 0.224 e. The van der Waals surface area contributed by atoms with Gasteiger partial charge in [0.2, 0.25) is 5.91 Å². The lowest BCUT2D eigenvalue weighted by Crippen LogP contribution is -2.14. The van der Waals surface area contributed by atoms with Crippen LogP contribution >= 0.6 is 15.9 Å². The summed E-state index contributed by atoms with van der Waals surface area (Å²) in [5, 5.41) is 2.97. The van der Waals surface area contributed by atoms with Gasteiger partial charge in [-0.15, -0.1) is 0 Å². The number of amides is 1. The van der Waals surface area contributed by atoms with E-state index >= 15 is 0 Å². The van der Waals surface area contributed by atoms with Gasteiger partial charge in [-0.25, -0.2) is 0 Å². The zero-order chi connectivity index (χ0) is 16.2. The minimum atomic E-state index is 0.0352. The highest BCUT2D eigenvalue weighted by Gasteiger charge is 2.15. The Morgan fingerprint density at radius 3 is 2.36 bits per heavy atom. The molecule has 2 rings (SSSR count). The third-order valence-electron chi connectivity index (χ3n) is 3.59. The summed E-state index contributed by atoms with van der Waals surface area (Å²) >= 11 is 3.55. The Hall–Kier alpha value is -1.61. The van der Waals surface area contributed by atoms with Gasteiger partial charge in [0.05, 0.1) is 5.69 Å². The molecule has 2 aromatic rings. The molecule has 1 amide bonds. The SMILES string of the molecule is CC(C)(C)c1ccc(NC(=O)CCc2ccccc2)c(Br)c1. The van der Waals surface area contributed by atoms with E-state index in [2.05, 4.69) is 54.2 Å². The first-order valence-corrected chi connectivity index (χ1v) is 8.29. The van der Waals surface area contributed by atoms with Crippen molar-refractivity contribution in [3.05, 3.63) is 64.1 Å². The van der Waals surface area contributed by atoms with Crippen LogP contribution in [0.1, 0.15) is 38.3 Å². The summed E-state index contributed by atoms with van der Waals surface area (Å²) in [7, 11) is 0. The fourth-order valence-electron chi connectivity index (χ4n) is 2.20. The topological polar surface area (TPSA) is 29.1 Å². The lowest BCUT2D eigenvalue weighted by Gasteiger charge is -2.20. The average Bonchev–Trinajstić information content (AvgIpc) is 2.47. The maximum atomic E-state index is 12.1. The Kier molecular flexibility index (Phi) is 5.41. The molecule has 0 radical (unpaired) electrons. The number of nitrogens with one attached hydrogen (secondary N) is 1. The molecular weight excluding hydrogens is 338 g/mol. The van der Waals surface area contributed by atoms with Crippen molar-refractivity contribution < 1.29 is 4.79 Å². The molecule has 2 aromatic carbocycles. The van der Waals surface area contributed by atoms with E-state index in [1.807, 2.05) is 36.4 Å². The van der Waals surface area contributed by atoms with Crippen LogP contribution < -0.4 is 5.32 Å². The Morgan fingerprint density at radius 1 is 1.09 bits per heavy atom. The maximum absolute atomic E-state index is 12.1. The molecule has 0 spiro atoms. The highest BCUT2D eigenvalue weighted by molar-refractivity contribution is 9.10. The van der Waals surface area contributed by atoms with Crippen LogP contribution in [0.5, 0.6) is 0 Å². The molecule has 0 fully saturated rings. The normalized spacial score (nSPS) is 11.3. The molecule has 0 heterocycles. The van der Waals surface area contributed by atoms with E-state index in [0.717, 1.165) is 16.6 Å². The first kappa shape index (κ1) is 16.8. The molecular formula is C19H22BrNO. The van der Waals surface area contributed by atoms with Gasteiger partial charge in [0.25, 0.3) is 0 Å². The van der Waals surface area contributed by atoms with Crippen molar-refractivity contribution in [2.24, 2.45) is 0 Å². The molecule has 0 unspecified atom stereocenters. The minimum absolute atomic E-state index is 0.0352. The Bertz CT molecular complexity index is 644. The molecule has 0 atom stereocenters. The van der Waals surface area contributed by atoms with Gasteiger partial charge in [0, 0.05) is 10.9 Å². The van der Waals surface area contributed by atoms with E-state index in [1.54, 1.807) is 0 Å². The van der Waals surface area contributed by atoms with E-state index in [-0.39, 0.29) is 11.3 Å². The standard InChI is InChI=1S/C19H22BrNO/c1-19(2,3)15-10-11-17(16(20)13-15)21-18(22)12-9-14-7-5-4-6-8-14/h4-8,10-11,13H,9,12H2,1-3H3,(H,21,22). The van der Waals surface area contributed by atoms with Crippen molar-refractivity contribution in [2.75, 3.05) is 5.32 Å². The van der Waals surface area contributed by atoms with Crippen LogP contribution in [0.2, 0.25) is 0 Å². The van der Waals surface area contributed by atoms with Crippen LogP contribution in [0.15, 0.2) is 53.0 Å². The van der Waals surface area contributed by atoms with Gasteiger partial charge in [-0.05, 0) is 51.0 Å². The zero-order valence-electron chi connectivity index (χ0n) is 13.3. The molecule has 0 aliphatic heterocycles. The van der Waals surface area contributed by atoms with Crippen molar-refractivity contribution in [2.45, 2.75) is 39.0 Å². The molecule has 2 nitrogen and oxygen atoms in total. The number of anilines is 1. The molecule has 22 heavy (non-hydrogen) atoms. The van der Waals surface area contributed by atoms with E-state index < -0.39 is 0 Å². The smallest absolute Gasteiger partial charge is 0.224 e. The van der Waals surface area contributed by atoms with E-state index in [0.29, 0.717) is 6.42 Å². The van der Waals surface area contributed by atoms with Crippen molar-refractivity contribution in [1.82, 2.24) is 0 Å². The van der Waals surface area contributed by atoms with Gasteiger partial charge in [0.15, 0.2) is 0 Å². The summed E-state index contributed by atoms with van der Waals surface area (Å²) in [5.74, 6) is 0.0352. The number of hydrogen-bond donors (Lipinski definition) is 1. The second kappa shape index (κ2) is 7.10. The molecule has 0 bridgehead atoms. The summed E-state index contributed by atoms with van der Waals surface area (Å²) in [6.45, 7) is 6.52. The number of hydrogen-bond acceptors (Lipinski definition) is 1. The van der Waals surface area contributed by atoms with E-state index in [4.69, 9.17) is 0 Å². The Balaban J connectivity index is 1.97. The summed E-state index contributed by atoms with van der Waals surface area (Å²) < 4.78 is 0.924. The van der Waals surface area contributed by atoms with Gasteiger partial charge < -0.3 is 5.32 Å². The number of halogens is 1. The molecule has 0 aliphatic carbocycles. The fourth-order valence-corrected chi connectivity index (χ4v) is 2.68. The Labute approximate surface area is 141 Å². The van der Waals surface area contributed by atoms with Crippen LogP contribution in [0.3, 0.4) is 0 Å². The molecule has 0 aromatic heterocycles. The number of rotatable bonds is 4. The van der Waals surface area contributed by atoms with Gasteiger partial charge in [-0.3, -0.25) is 4.79 Å². The van der Waals surface area contributed by atoms with Gasteiger partial charge >= 0.3 is 0 Å². The summed E-state index contributed by atoms with van der Waals surface area (Å²) in [6, 6.07) is 16.2. The number of carbonyl (C=O) groups excluding carboxylic acids is 1. The summed E-state index contributed by atoms with van der Waals surface area (Å²) in [4.78, 5) is 12.1. The largest absolute Gasteiger partial charge is 0.325 e. The predicted octanol–water partition coefficient (Wildman–Crippen LogP) is 5.32. The van der Waals surface area contributed by atoms with Crippen LogP contribution in [0, 0.1) is 0 Å². The second-order valence-electron chi connectivity index (χ2n) is 6.48. The highest BCUT2D eigenvalue weighted by atomic mass is 79.9. The van der Waals surface area contributed by atoms with Crippen molar-refractivity contribution >= 4 is 27.5 Å². The van der Waals surface area contributed by atoms with E-state index in [1.165, 1.54) is 11.1 Å². The van der Waals surface area contributed by atoms with Crippen molar-refractivity contribution in [3.8, 4) is 0 Å². The monoisotopic (exact) mass is 359 g/mol. The minimum Gasteiger partial charge on any atom is -0.325 e. The number of carbonyl (C=O) groups is 1. The molecule has 1 N–H and O–H groups in total. The van der Waals surface area contributed by atoms with Gasteiger partial charge in [-0.1, -0.05) is 57.2 Å². The quantitative estimate of drug-likeness (QED) is 0.786. The summed E-state index contributed by atoms with van der Waals surface area (Å²) in [5.41, 5.74) is 3.34. The van der Waals surface area contributed by atoms with Gasteiger partial charge in [0.1, 0.15) is 0 Å². The zero-order valence-corrected chi connectivity index (χ0v) is 14.9. The Morgan fingerprint density at radius 2 is 1.77 bits per heavy atom. The first-order chi connectivity index (χ1) is 10.4. The fraction of sp³-hybridized carbons (Fsp3) is 0.316. The molecule has 3 heteroatoms. The van der Waals surface area contributed by atoms with Gasteiger partial charge in [-0.2, -0.15) is 0 Å². The van der Waals surface area contributed by atoms with Crippen LogP contribution in [0.4, 0.5) is 5.69 Å². The molecule has 116 valence electrons. The van der Waals surface area contributed by atoms with Crippen molar-refractivity contribution in [3.63, 3.8) is 0 Å². The molecule has 0 saturated heterocycles. The molecule has 0 aliphatic rings. The molecule has 0 saturated carbocycles. The van der Waals surface area contributed by atoms with Crippen LogP contribution in [-0.2, 0) is 16.6 Å². The third kappa shape index (κ3) is 4.70. The second-order valence-corrected chi connectivity index (χ2v) is 7.33. The number of aryl methyl sites for hydroxylation is 1. The van der Waals surface area contributed by atoms with Crippen LogP contribution in [0.25, 0.3) is 0 Å². The highest BCUT2D eigenvalue weighted by Crippen LogP contribution is 2.30. The van der Waals surface area contributed by atoms with Crippen LogP contribution in [-0.4, -0.2) is 5.91 Å². The lowest BCUT2D eigenvalue weighted by atomic mass is 9.87. The van der Waals surface area contributed by atoms with Crippen molar-refractivity contribution in [1.29, 1.82) is 0 Å². The predicted molar refractivity (Wildman–Crippen MR) is 96.2 cm³/mol. The third-order valence-corrected chi connectivity index (χ3v) is 4.25. The van der Waals surface area contributed by atoms with E-state index in [9.17, 15) is 4.79 Å². The number of benzene rings is 2. The average molecular weight is 360 g/mol.